The van der Waals surface area contributed by atoms with Gasteiger partial charge in [-0.05, 0) is 19.9 Å². The van der Waals surface area contributed by atoms with Crippen LogP contribution in [0, 0.1) is 13.8 Å². The number of hydrogen-bond donors (Lipinski definition) is 3. The molecule has 23 heavy (non-hydrogen) atoms. The van der Waals surface area contributed by atoms with Crippen LogP contribution in [0.15, 0.2) is 23.6 Å². The van der Waals surface area contributed by atoms with Crippen LogP contribution in [-0.4, -0.2) is 41.4 Å². The van der Waals surface area contributed by atoms with Crippen LogP contribution in [0.5, 0.6) is 0 Å². The topological polar surface area (TPSA) is 113 Å². The van der Waals surface area contributed by atoms with E-state index in [-0.39, 0.29) is 6.54 Å². The molecule has 0 spiro atoms. The minimum atomic E-state index is -3.49. The summed E-state index contributed by atoms with van der Waals surface area (Å²) in [6.45, 7) is 4.34. The van der Waals surface area contributed by atoms with Crippen molar-refractivity contribution in [2.75, 3.05) is 18.4 Å². The van der Waals surface area contributed by atoms with Gasteiger partial charge in [-0.3, -0.25) is 0 Å². The molecule has 3 rings (SSSR count). The molecule has 3 heterocycles. The Morgan fingerprint density at radius 3 is 2.78 bits per heavy atom. The standard InChI is InChI=1S/C13H16N6O2S2/c1-8-5-10(9(2)22-8)23(20,21)19-4-3-14-12-11-13(16-6-15-11)18-7-17-12/h5-7,19H,3-4H2,1-2H3,(H2,14,15,16,17,18). The molecule has 0 amide bonds. The van der Waals surface area contributed by atoms with Gasteiger partial charge in [-0.1, -0.05) is 0 Å². The first-order valence-electron chi connectivity index (χ1n) is 6.92. The minimum absolute atomic E-state index is 0.246. The van der Waals surface area contributed by atoms with Crippen LogP contribution in [0.4, 0.5) is 5.82 Å². The first kappa shape index (κ1) is 15.8. The molecule has 0 saturated heterocycles. The summed E-state index contributed by atoms with van der Waals surface area (Å²) >= 11 is 1.47. The molecule has 0 radical (unpaired) electrons. The van der Waals surface area contributed by atoms with Crippen LogP contribution in [0.2, 0.25) is 0 Å². The molecule has 0 bridgehead atoms. The first-order valence-corrected chi connectivity index (χ1v) is 9.22. The molecule has 0 aliphatic carbocycles. The second-order valence-electron chi connectivity index (χ2n) is 4.93. The van der Waals surface area contributed by atoms with Crippen molar-refractivity contribution in [3.8, 4) is 0 Å². The average Bonchev–Trinajstić information content (AvgIpc) is 3.10. The zero-order chi connectivity index (χ0) is 16.4. The highest BCUT2D eigenvalue weighted by Gasteiger charge is 2.18. The van der Waals surface area contributed by atoms with Gasteiger partial charge in [0, 0.05) is 22.8 Å². The fourth-order valence-corrected chi connectivity index (χ4v) is 4.80. The molecular weight excluding hydrogens is 336 g/mol. The van der Waals surface area contributed by atoms with Crippen molar-refractivity contribution < 1.29 is 8.42 Å². The zero-order valence-corrected chi connectivity index (χ0v) is 14.3. The fourth-order valence-electron chi connectivity index (χ4n) is 2.22. The molecule has 3 N–H and O–H groups in total. The summed E-state index contributed by atoms with van der Waals surface area (Å²) < 4.78 is 27.1. The van der Waals surface area contributed by atoms with Crippen molar-refractivity contribution in [3.05, 3.63) is 28.5 Å². The van der Waals surface area contributed by atoms with E-state index >= 15 is 0 Å². The Balaban J connectivity index is 1.61. The van der Waals surface area contributed by atoms with Gasteiger partial charge >= 0.3 is 0 Å². The van der Waals surface area contributed by atoms with E-state index in [2.05, 4.69) is 30.0 Å². The number of anilines is 1. The molecule has 122 valence electrons. The zero-order valence-electron chi connectivity index (χ0n) is 12.6. The average molecular weight is 352 g/mol. The lowest BCUT2D eigenvalue weighted by Crippen LogP contribution is -2.29. The third-order valence-corrected chi connectivity index (χ3v) is 5.90. The van der Waals surface area contributed by atoms with E-state index in [1.54, 1.807) is 13.0 Å². The van der Waals surface area contributed by atoms with Crippen molar-refractivity contribution in [1.82, 2.24) is 24.7 Å². The summed E-state index contributed by atoms with van der Waals surface area (Å²) in [4.78, 5) is 17.2. The lowest BCUT2D eigenvalue weighted by atomic mass is 10.4. The van der Waals surface area contributed by atoms with Gasteiger partial charge in [0.25, 0.3) is 0 Å². The molecule has 0 aromatic carbocycles. The Labute approximate surface area is 137 Å². The first-order chi connectivity index (χ1) is 11.0. The van der Waals surface area contributed by atoms with Crippen molar-refractivity contribution in [1.29, 1.82) is 0 Å². The predicted molar refractivity (Wildman–Crippen MR) is 89.2 cm³/mol. The second kappa shape index (κ2) is 6.22. The number of hydrogen-bond acceptors (Lipinski definition) is 7. The largest absolute Gasteiger partial charge is 0.367 e. The molecule has 8 nitrogen and oxygen atoms in total. The molecule has 0 atom stereocenters. The molecule has 3 aromatic rings. The maximum absolute atomic E-state index is 12.3. The Hall–Kier alpha value is -2.04. The number of imidazole rings is 1. The van der Waals surface area contributed by atoms with Gasteiger partial charge in [0.05, 0.1) is 11.2 Å². The minimum Gasteiger partial charge on any atom is -0.367 e. The van der Waals surface area contributed by atoms with E-state index in [1.165, 1.54) is 24.0 Å². The van der Waals surface area contributed by atoms with Crippen molar-refractivity contribution >= 4 is 38.3 Å². The Morgan fingerprint density at radius 2 is 2.04 bits per heavy atom. The van der Waals surface area contributed by atoms with Crippen molar-refractivity contribution in [2.24, 2.45) is 0 Å². The van der Waals surface area contributed by atoms with Crippen molar-refractivity contribution in [2.45, 2.75) is 18.7 Å². The number of aromatic nitrogens is 4. The number of fused-ring (bicyclic) bond motifs is 1. The van der Waals surface area contributed by atoms with Crippen LogP contribution in [-0.2, 0) is 10.0 Å². The number of rotatable bonds is 6. The lowest BCUT2D eigenvalue weighted by Gasteiger charge is -2.08. The number of thiophene rings is 1. The van der Waals surface area contributed by atoms with Gasteiger partial charge in [-0.15, -0.1) is 11.3 Å². The number of H-pyrrole nitrogens is 1. The fraction of sp³-hybridized carbons (Fsp3) is 0.308. The third kappa shape index (κ3) is 3.33. The van der Waals surface area contributed by atoms with Gasteiger partial charge < -0.3 is 10.3 Å². The third-order valence-electron chi connectivity index (χ3n) is 3.22. The summed E-state index contributed by atoms with van der Waals surface area (Å²) in [6.07, 6.45) is 2.95. The Bertz CT molecular complexity index is 931. The van der Waals surface area contributed by atoms with Crippen LogP contribution in [0.1, 0.15) is 9.75 Å². The summed E-state index contributed by atoms with van der Waals surface area (Å²) in [5.41, 5.74) is 1.26. The van der Waals surface area contributed by atoms with E-state index in [0.29, 0.717) is 28.4 Å². The number of aromatic amines is 1. The van der Waals surface area contributed by atoms with E-state index in [0.717, 1.165) is 9.75 Å². The van der Waals surface area contributed by atoms with Crippen LogP contribution < -0.4 is 10.0 Å². The number of nitrogens with zero attached hydrogens (tertiary/aromatic N) is 3. The molecule has 10 heteroatoms. The smallest absolute Gasteiger partial charge is 0.241 e. The van der Waals surface area contributed by atoms with E-state index < -0.39 is 10.0 Å². The van der Waals surface area contributed by atoms with E-state index in [9.17, 15) is 8.42 Å². The number of aryl methyl sites for hydroxylation is 2. The molecular formula is C13H16N6O2S2. The monoisotopic (exact) mass is 352 g/mol. The Morgan fingerprint density at radius 1 is 1.22 bits per heavy atom. The van der Waals surface area contributed by atoms with Gasteiger partial charge in [0.15, 0.2) is 11.5 Å². The lowest BCUT2D eigenvalue weighted by molar-refractivity contribution is 0.582. The highest BCUT2D eigenvalue weighted by atomic mass is 32.2. The van der Waals surface area contributed by atoms with E-state index in [1.807, 2.05) is 6.92 Å². The molecule has 0 aliphatic heterocycles. The summed E-state index contributed by atoms with van der Waals surface area (Å²) in [6, 6.07) is 1.69. The predicted octanol–water partition coefficient (Wildman–Crippen LogP) is 1.42. The highest BCUT2D eigenvalue weighted by molar-refractivity contribution is 7.89. The number of sulfonamides is 1. The molecule has 0 fully saturated rings. The summed E-state index contributed by atoms with van der Waals surface area (Å²) in [7, 11) is -3.49. The van der Waals surface area contributed by atoms with Gasteiger partial charge in [0.1, 0.15) is 11.8 Å². The maximum Gasteiger partial charge on any atom is 0.241 e. The quantitative estimate of drug-likeness (QED) is 0.578. The van der Waals surface area contributed by atoms with E-state index in [4.69, 9.17) is 0 Å². The summed E-state index contributed by atoms with van der Waals surface area (Å²) in [5.74, 6) is 0.592. The highest BCUT2D eigenvalue weighted by Crippen LogP contribution is 2.24. The maximum atomic E-state index is 12.3. The summed E-state index contributed by atoms with van der Waals surface area (Å²) in [5, 5.41) is 3.07. The van der Waals surface area contributed by atoms with Gasteiger partial charge in [-0.2, -0.15) is 0 Å². The van der Waals surface area contributed by atoms with Gasteiger partial charge in [-0.25, -0.2) is 28.1 Å². The second-order valence-corrected chi connectivity index (χ2v) is 8.12. The van der Waals surface area contributed by atoms with Crippen LogP contribution in [0.25, 0.3) is 11.2 Å². The molecule has 0 aliphatic rings. The normalized spacial score (nSPS) is 11.9. The van der Waals surface area contributed by atoms with Crippen LogP contribution in [0.3, 0.4) is 0 Å². The number of nitrogens with one attached hydrogen (secondary N) is 3. The molecule has 0 unspecified atom stereocenters. The molecule has 3 aromatic heterocycles. The van der Waals surface area contributed by atoms with Crippen molar-refractivity contribution in [3.63, 3.8) is 0 Å². The molecule has 0 saturated carbocycles. The van der Waals surface area contributed by atoms with Crippen LogP contribution >= 0.6 is 11.3 Å². The SMILES string of the molecule is Cc1cc(S(=O)(=O)NCCNc2ncnc3nc[nH]c23)c(C)s1. The van der Waals surface area contributed by atoms with Gasteiger partial charge in [0.2, 0.25) is 10.0 Å². The Kier molecular flexibility index (Phi) is 4.28.